The van der Waals surface area contributed by atoms with Crippen LogP contribution >= 0.6 is 0 Å². The van der Waals surface area contributed by atoms with Crippen molar-refractivity contribution < 1.29 is 19.2 Å². The van der Waals surface area contributed by atoms with Gasteiger partial charge in [-0.2, -0.15) is 0 Å². The Bertz CT molecular complexity index is 481. The van der Waals surface area contributed by atoms with Gasteiger partial charge in [0.25, 0.3) is 0 Å². The van der Waals surface area contributed by atoms with E-state index in [2.05, 4.69) is 10.6 Å². The lowest BCUT2D eigenvalue weighted by Crippen LogP contribution is -2.65. The van der Waals surface area contributed by atoms with E-state index in [1.807, 2.05) is 0 Å². The van der Waals surface area contributed by atoms with Gasteiger partial charge >= 0.3 is 6.03 Å². The molecule has 0 radical (unpaired) electrons. The minimum Gasteiger partial charge on any atom is -0.359 e. The molecule has 1 rings (SSSR count). The van der Waals surface area contributed by atoms with E-state index in [0.29, 0.717) is 12.8 Å². The lowest BCUT2D eigenvalue weighted by Gasteiger charge is -2.40. The Kier molecular flexibility index (Phi) is 4.76. The Labute approximate surface area is 124 Å². The summed E-state index contributed by atoms with van der Waals surface area (Å²) in [6.07, 6.45) is 0.608. The van der Waals surface area contributed by atoms with Crippen molar-refractivity contribution in [2.75, 3.05) is 13.6 Å². The topological polar surface area (TPSA) is 95.6 Å². The van der Waals surface area contributed by atoms with E-state index in [1.165, 1.54) is 7.05 Å². The number of rotatable bonds is 5. The fraction of sp³-hybridized carbons (Fsp3) is 0.714. The fourth-order valence-electron chi connectivity index (χ4n) is 2.55. The second-order valence-electron chi connectivity index (χ2n) is 5.90. The first-order valence-electron chi connectivity index (χ1n) is 7.05. The Morgan fingerprint density at radius 3 is 2.19 bits per heavy atom. The summed E-state index contributed by atoms with van der Waals surface area (Å²) in [5.74, 6) is -1.37. The molecule has 2 N–H and O–H groups in total. The molecule has 0 aliphatic carbocycles. The second-order valence-corrected chi connectivity index (χ2v) is 5.90. The standard InChI is InChI=1S/C14H23N3O4/c1-6-14(7-2)10(19)16-12(21)17(11(14)20)8-13(3,4)9(18)15-5/h6-8H2,1-5H3,(H,15,18)(H,16,19,21). The summed E-state index contributed by atoms with van der Waals surface area (Å²) in [6.45, 7) is 6.68. The van der Waals surface area contributed by atoms with Crippen LogP contribution in [0.5, 0.6) is 0 Å². The molecule has 5 amide bonds. The van der Waals surface area contributed by atoms with Crippen molar-refractivity contribution in [2.45, 2.75) is 40.5 Å². The summed E-state index contributed by atoms with van der Waals surface area (Å²) in [4.78, 5) is 49.5. The highest BCUT2D eigenvalue weighted by atomic mass is 16.2. The van der Waals surface area contributed by atoms with Crippen LogP contribution in [0.4, 0.5) is 4.79 Å². The van der Waals surface area contributed by atoms with Crippen molar-refractivity contribution in [3.05, 3.63) is 0 Å². The van der Waals surface area contributed by atoms with E-state index in [9.17, 15) is 19.2 Å². The SMILES string of the molecule is CCC1(CC)C(=O)NC(=O)N(CC(C)(C)C(=O)NC)C1=O. The van der Waals surface area contributed by atoms with Crippen LogP contribution in [0, 0.1) is 10.8 Å². The summed E-state index contributed by atoms with van der Waals surface area (Å²) in [7, 11) is 1.49. The minimum absolute atomic E-state index is 0.0770. The molecule has 7 heteroatoms. The average molecular weight is 297 g/mol. The van der Waals surface area contributed by atoms with Crippen LogP contribution in [0.1, 0.15) is 40.5 Å². The Morgan fingerprint density at radius 2 is 1.76 bits per heavy atom. The minimum atomic E-state index is -1.23. The molecular formula is C14H23N3O4. The predicted molar refractivity (Wildman–Crippen MR) is 76.1 cm³/mol. The van der Waals surface area contributed by atoms with Crippen LogP contribution < -0.4 is 10.6 Å². The molecule has 0 aromatic heterocycles. The zero-order valence-corrected chi connectivity index (χ0v) is 13.2. The first-order valence-corrected chi connectivity index (χ1v) is 7.05. The van der Waals surface area contributed by atoms with Gasteiger partial charge in [0.2, 0.25) is 17.7 Å². The third-order valence-electron chi connectivity index (χ3n) is 4.16. The molecule has 0 aromatic carbocycles. The average Bonchev–Trinajstić information content (AvgIpc) is 2.44. The molecule has 118 valence electrons. The van der Waals surface area contributed by atoms with Gasteiger partial charge in [-0.15, -0.1) is 0 Å². The van der Waals surface area contributed by atoms with Gasteiger partial charge in [-0.25, -0.2) is 4.79 Å². The normalized spacial score (nSPS) is 18.5. The number of carbonyl (C=O) groups excluding carboxylic acids is 4. The van der Waals surface area contributed by atoms with Crippen LogP contribution in [0.15, 0.2) is 0 Å². The smallest absolute Gasteiger partial charge is 0.330 e. The molecular weight excluding hydrogens is 274 g/mol. The highest BCUT2D eigenvalue weighted by molar-refractivity contribution is 6.19. The molecule has 0 atom stereocenters. The molecule has 21 heavy (non-hydrogen) atoms. The van der Waals surface area contributed by atoms with Gasteiger partial charge in [0.05, 0.1) is 5.41 Å². The van der Waals surface area contributed by atoms with Crippen molar-refractivity contribution >= 4 is 23.8 Å². The number of hydrogen-bond donors (Lipinski definition) is 2. The Balaban J connectivity index is 3.12. The Hall–Kier alpha value is -1.92. The number of urea groups is 1. The van der Waals surface area contributed by atoms with Crippen LogP contribution in [0.25, 0.3) is 0 Å². The summed E-state index contributed by atoms with van der Waals surface area (Å²) in [5.41, 5.74) is -2.16. The lowest BCUT2D eigenvalue weighted by molar-refractivity contribution is -0.153. The molecule has 1 saturated heterocycles. The molecule has 1 aliphatic heterocycles. The van der Waals surface area contributed by atoms with E-state index >= 15 is 0 Å². The summed E-state index contributed by atoms with van der Waals surface area (Å²) in [5, 5.41) is 4.73. The number of barbiturate groups is 1. The van der Waals surface area contributed by atoms with Gasteiger partial charge in [0, 0.05) is 13.6 Å². The maximum atomic E-state index is 12.6. The van der Waals surface area contributed by atoms with Gasteiger partial charge in [-0.05, 0) is 26.7 Å². The van der Waals surface area contributed by atoms with Crippen LogP contribution in [0.3, 0.4) is 0 Å². The molecule has 0 unspecified atom stereocenters. The first kappa shape index (κ1) is 17.1. The molecule has 0 bridgehead atoms. The van der Waals surface area contributed by atoms with E-state index in [1.54, 1.807) is 27.7 Å². The van der Waals surface area contributed by atoms with Gasteiger partial charge in [0.15, 0.2) is 0 Å². The summed E-state index contributed by atoms with van der Waals surface area (Å²) in [6, 6.07) is -0.764. The van der Waals surface area contributed by atoms with Crippen LogP contribution in [-0.2, 0) is 14.4 Å². The quantitative estimate of drug-likeness (QED) is 0.728. The summed E-state index contributed by atoms with van der Waals surface area (Å²) < 4.78 is 0. The van der Waals surface area contributed by atoms with Gasteiger partial charge in [0.1, 0.15) is 5.41 Å². The first-order chi connectivity index (χ1) is 9.66. The zero-order chi connectivity index (χ0) is 16.4. The largest absolute Gasteiger partial charge is 0.359 e. The lowest BCUT2D eigenvalue weighted by atomic mass is 9.78. The van der Waals surface area contributed by atoms with Crippen LogP contribution in [-0.4, -0.2) is 42.2 Å². The van der Waals surface area contributed by atoms with Crippen molar-refractivity contribution in [3.8, 4) is 0 Å². The molecule has 1 fully saturated rings. The van der Waals surface area contributed by atoms with Crippen molar-refractivity contribution in [2.24, 2.45) is 10.8 Å². The van der Waals surface area contributed by atoms with E-state index < -0.39 is 28.7 Å². The van der Waals surface area contributed by atoms with E-state index in [-0.39, 0.29) is 12.5 Å². The third-order valence-corrected chi connectivity index (χ3v) is 4.16. The van der Waals surface area contributed by atoms with Gasteiger partial charge in [-0.3, -0.25) is 24.6 Å². The highest BCUT2D eigenvalue weighted by Gasteiger charge is 2.52. The maximum absolute atomic E-state index is 12.6. The van der Waals surface area contributed by atoms with E-state index in [0.717, 1.165) is 4.90 Å². The molecule has 0 spiro atoms. The second kappa shape index (κ2) is 5.83. The number of nitrogens with zero attached hydrogens (tertiary/aromatic N) is 1. The Morgan fingerprint density at radius 1 is 1.24 bits per heavy atom. The van der Waals surface area contributed by atoms with Crippen molar-refractivity contribution in [1.82, 2.24) is 15.5 Å². The fourth-order valence-corrected chi connectivity index (χ4v) is 2.55. The number of amides is 5. The number of hydrogen-bond acceptors (Lipinski definition) is 4. The predicted octanol–water partition coefficient (Wildman–Crippen LogP) is 0.643. The maximum Gasteiger partial charge on any atom is 0.330 e. The monoisotopic (exact) mass is 297 g/mol. The van der Waals surface area contributed by atoms with E-state index in [4.69, 9.17) is 0 Å². The molecule has 0 aromatic rings. The molecule has 1 heterocycles. The molecule has 0 saturated carbocycles. The summed E-state index contributed by atoms with van der Waals surface area (Å²) >= 11 is 0. The van der Waals surface area contributed by atoms with Gasteiger partial charge in [-0.1, -0.05) is 13.8 Å². The van der Waals surface area contributed by atoms with Gasteiger partial charge < -0.3 is 5.32 Å². The highest BCUT2D eigenvalue weighted by Crippen LogP contribution is 2.33. The van der Waals surface area contributed by atoms with Crippen molar-refractivity contribution in [3.63, 3.8) is 0 Å². The number of nitrogens with one attached hydrogen (secondary N) is 2. The number of carbonyl (C=O) groups is 4. The number of imide groups is 2. The van der Waals surface area contributed by atoms with Crippen LogP contribution in [0.2, 0.25) is 0 Å². The van der Waals surface area contributed by atoms with Crippen molar-refractivity contribution in [1.29, 1.82) is 0 Å². The molecule has 1 aliphatic rings. The molecule has 7 nitrogen and oxygen atoms in total. The zero-order valence-electron chi connectivity index (χ0n) is 13.2. The third kappa shape index (κ3) is 2.77.